The molecule has 2 rings (SSSR count). The fourth-order valence-electron chi connectivity index (χ4n) is 1.68. The van der Waals surface area contributed by atoms with E-state index in [1.54, 1.807) is 0 Å². The van der Waals surface area contributed by atoms with Gasteiger partial charge >= 0.3 is 5.69 Å². The van der Waals surface area contributed by atoms with Gasteiger partial charge in [0.25, 0.3) is 5.56 Å². The fraction of sp³-hybridized carbons (Fsp3) is 0.231. The molecule has 106 valence electrons. The van der Waals surface area contributed by atoms with E-state index in [0.29, 0.717) is 18.0 Å². The lowest BCUT2D eigenvalue weighted by atomic mass is 10.4. The lowest BCUT2D eigenvalue weighted by Gasteiger charge is -2.11. The molecular weight excluding hydrogens is 278 g/mol. The molecule has 20 heavy (non-hydrogen) atoms. The first kappa shape index (κ1) is 14.4. The van der Waals surface area contributed by atoms with Gasteiger partial charge in [-0.2, -0.15) is 0 Å². The van der Waals surface area contributed by atoms with Crippen LogP contribution in [0, 0.1) is 0 Å². The van der Waals surface area contributed by atoms with Crippen LogP contribution in [0.3, 0.4) is 0 Å². The zero-order valence-electron chi connectivity index (χ0n) is 11.0. The monoisotopic (exact) mass is 293 g/mol. The van der Waals surface area contributed by atoms with Crippen molar-refractivity contribution in [2.24, 2.45) is 0 Å². The highest BCUT2D eigenvalue weighted by molar-refractivity contribution is 7.99. The molecular formula is C13H15N3O3S. The SMILES string of the molecule is COCCn1c(N)c(Sc2ccccc2)c(=O)[nH]c1=O. The standard InChI is InChI=1S/C13H15N3O3S/c1-19-8-7-16-11(14)10(12(17)15-13(16)18)20-9-5-3-2-4-6-9/h2-6H,7-8,14H2,1H3,(H,15,17,18). The Labute approximate surface area is 119 Å². The zero-order valence-corrected chi connectivity index (χ0v) is 11.8. The lowest BCUT2D eigenvalue weighted by molar-refractivity contribution is 0.186. The van der Waals surface area contributed by atoms with E-state index >= 15 is 0 Å². The van der Waals surface area contributed by atoms with Crippen LogP contribution in [0.1, 0.15) is 0 Å². The van der Waals surface area contributed by atoms with Crippen LogP contribution in [0.25, 0.3) is 0 Å². The maximum Gasteiger partial charge on any atom is 0.330 e. The number of aromatic nitrogens is 2. The second kappa shape index (κ2) is 6.44. The third kappa shape index (κ3) is 3.12. The maximum absolute atomic E-state index is 11.9. The van der Waals surface area contributed by atoms with Crippen molar-refractivity contribution in [1.29, 1.82) is 0 Å². The van der Waals surface area contributed by atoms with Crippen molar-refractivity contribution in [3.8, 4) is 0 Å². The topological polar surface area (TPSA) is 90.1 Å². The molecule has 7 heteroatoms. The molecule has 0 spiro atoms. The number of hydrogen-bond acceptors (Lipinski definition) is 5. The first-order valence-electron chi connectivity index (χ1n) is 5.98. The molecule has 0 aliphatic carbocycles. The average Bonchev–Trinajstić information content (AvgIpc) is 2.44. The van der Waals surface area contributed by atoms with E-state index in [0.717, 1.165) is 4.90 Å². The van der Waals surface area contributed by atoms with Crippen molar-refractivity contribution >= 4 is 17.6 Å². The van der Waals surface area contributed by atoms with Gasteiger partial charge in [-0.3, -0.25) is 14.3 Å². The molecule has 3 N–H and O–H groups in total. The van der Waals surface area contributed by atoms with Gasteiger partial charge in [-0.25, -0.2) is 4.79 Å². The number of anilines is 1. The molecule has 0 saturated carbocycles. The number of benzene rings is 1. The van der Waals surface area contributed by atoms with Crippen LogP contribution in [-0.2, 0) is 11.3 Å². The van der Waals surface area contributed by atoms with E-state index in [9.17, 15) is 9.59 Å². The summed E-state index contributed by atoms with van der Waals surface area (Å²) in [6.07, 6.45) is 0. The molecule has 1 aromatic carbocycles. The second-order valence-electron chi connectivity index (χ2n) is 4.03. The summed E-state index contributed by atoms with van der Waals surface area (Å²) < 4.78 is 6.23. The molecule has 0 fully saturated rings. The van der Waals surface area contributed by atoms with Gasteiger partial charge in [-0.05, 0) is 12.1 Å². The highest BCUT2D eigenvalue weighted by Crippen LogP contribution is 2.27. The van der Waals surface area contributed by atoms with Crippen LogP contribution in [0.5, 0.6) is 0 Å². The van der Waals surface area contributed by atoms with Crippen molar-refractivity contribution in [3.05, 3.63) is 51.2 Å². The van der Waals surface area contributed by atoms with E-state index in [1.165, 1.54) is 23.4 Å². The quantitative estimate of drug-likeness (QED) is 0.855. The smallest absolute Gasteiger partial charge is 0.330 e. The highest BCUT2D eigenvalue weighted by atomic mass is 32.2. The van der Waals surface area contributed by atoms with Crippen LogP contribution in [-0.4, -0.2) is 23.3 Å². The summed E-state index contributed by atoms with van der Waals surface area (Å²) in [4.78, 5) is 27.1. The molecule has 2 aromatic rings. The van der Waals surface area contributed by atoms with Crippen LogP contribution in [0.4, 0.5) is 5.82 Å². The first-order valence-corrected chi connectivity index (χ1v) is 6.79. The highest BCUT2D eigenvalue weighted by Gasteiger charge is 2.13. The van der Waals surface area contributed by atoms with Gasteiger partial charge in [-0.15, -0.1) is 0 Å². The summed E-state index contributed by atoms with van der Waals surface area (Å²) in [6.45, 7) is 0.631. The number of H-pyrrole nitrogens is 1. The minimum atomic E-state index is -0.526. The molecule has 1 aromatic heterocycles. The zero-order chi connectivity index (χ0) is 14.5. The number of aromatic amines is 1. The minimum Gasteiger partial charge on any atom is -0.384 e. The van der Waals surface area contributed by atoms with Crippen molar-refractivity contribution in [3.63, 3.8) is 0 Å². The molecule has 0 bridgehead atoms. The van der Waals surface area contributed by atoms with Crippen LogP contribution in [0.15, 0.2) is 49.7 Å². The van der Waals surface area contributed by atoms with Gasteiger partial charge in [0.1, 0.15) is 10.7 Å². The number of ether oxygens (including phenoxy) is 1. The predicted octanol–water partition coefficient (Wildman–Crippen LogP) is 0.916. The van der Waals surface area contributed by atoms with E-state index in [2.05, 4.69) is 4.98 Å². The number of nitrogens with one attached hydrogen (secondary N) is 1. The summed E-state index contributed by atoms with van der Waals surface area (Å²) in [5.41, 5.74) is 4.94. The van der Waals surface area contributed by atoms with Gasteiger partial charge in [-0.1, -0.05) is 30.0 Å². The molecule has 0 unspecified atom stereocenters. The molecule has 0 aliphatic rings. The molecule has 0 aliphatic heterocycles. The number of nitrogen functional groups attached to an aromatic ring is 1. The van der Waals surface area contributed by atoms with E-state index < -0.39 is 11.2 Å². The normalized spacial score (nSPS) is 10.7. The molecule has 6 nitrogen and oxygen atoms in total. The number of nitrogens with zero attached hydrogens (tertiary/aromatic N) is 1. The van der Waals surface area contributed by atoms with Gasteiger partial charge in [0.05, 0.1) is 13.2 Å². The number of methoxy groups -OCH3 is 1. The molecule has 0 radical (unpaired) electrons. The Hall–Kier alpha value is -1.99. The number of hydrogen-bond donors (Lipinski definition) is 2. The molecule has 0 saturated heterocycles. The second-order valence-corrected chi connectivity index (χ2v) is 5.12. The predicted molar refractivity (Wildman–Crippen MR) is 78.2 cm³/mol. The summed E-state index contributed by atoms with van der Waals surface area (Å²) >= 11 is 1.23. The molecule has 0 amide bonds. The Bertz CT molecular complexity index is 694. The van der Waals surface area contributed by atoms with Crippen molar-refractivity contribution in [2.75, 3.05) is 19.5 Å². The third-order valence-corrected chi connectivity index (χ3v) is 3.78. The Balaban J connectivity index is 2.42. The summed E-state index contributed by atoms with van der Waals surface area (Å²) in [5.74, 6) is 0.157. The Kier molecular flexibility index (Phi) is 4.65. The number of rotatable bonds is 5. The van der Waals surface area contributed by atoms with Crippen LogP contribution < -0.4 is 17.0 Å². The summed E-state index contributed by atoms with van der Waals surface area (Å²) in [5, 5.41) is 0. The van der Waals surface area contributed by atoms with Gasteiger partial charge < -0.3 is 10.5 Å². The van der Waals surface area contributed by atoms with Gasteiger partial charge in [0.2, 0.25) is 0 Å². The number of nitrogens with two attached hydrogens (primary N) is 1. The average molecular weight is 293 g/mol. The van der Waals surface area contributed by atoms with Crippen LogP contribution >= 0.6 is 11.8 Å². The Morgan fingerprint density at radius 2 is 2.00 bits per heavy atom. The van der Waals surface area contributed by atoms with Crippen LogP contribution in [0.2, 0.25) is 0 Å². The van der Waals surface area contributed by atoms with Gasteiger partial charge in [0.15, 0.2) is 0 Å². The van der Waals surface area contributed by atoms with E-state index in [1.807, 2.05) is 30.3 Å². The maximum atomic E-state index is 11.9. The van der Waals surface area contributed by atoms with Crippen molar-refractivity contribution < 1.29 is 4.74 Å². The largest absolute Gasteiger partial charge is 0.384 e. The summed E-state index contributed by atoms with van der Waals surface area (Å²) in [7, 11) is 1.53. The third-order valence-electron chi connectivity index (χ3n) is 2.68. The fourth-order valence-corrected chi connectivity index (χ4v) is 2.57. The lowest BCUT2D eigenvalue weighted by Crippen LogP contribution is -2.34. The first-order chi connectivity index (χ1) is 9.63. The molecule has 1 heterocycles. The van der Waals surface area contributed by atoms with Crippen molar-refractivity contribution in [2.45, 2.75) is 16.3 Å². The Morgan fingerprint density at radius 1 is 1.30 bits per heavy atom. The summed E-state index contributed by atoms with van der Waals surface area (Å²) in [6, 6.07) is 9.36. The van der Waals surface area contributed by atoms with E-state index in [-0.39, 0.29) is 5.82 Å². The minimum absolute atomic E-state index is 0.157. The molecule has 0 atom stereocenters. The van der Waals surface area contributed by atoms with E-state index in [4.69, 9.17) is 10.5 Å². The van der Waals surface area contributed by atoms with Gasteiger partial charge in [0, 0.05) is 12.0 Å². The Morgan fingerprint density at radius 3 is 2.65 bits per heavy atom. The van der Waals surface area contributed by atoms with Crippen molar-refractivity contribution in [1.82, 2.24) is 9.55 Å².